The van der Waals surface area contributed by atoms with Gasteiger partial charge >= 0.3 is 0 Å². The van der Waals surface area contributed by atoms with Crippen LogP contribution in [0.1, 0.15) is 51.6 Å². The maximum Gasteiger partial charge on any atom is 0.0406 e. The van der Waals surface area contributed by atoms with Crippen LogP contribution in [0.3, 0.4) is 0 Å². The number of hydrogen-bond acceptors (Lipinski definition) is 1. The van der Waals surface area contributed by atoms with Gasteiger partial charge in [-0.25, -0.2) is 0 Å². The van der Waals surface area contributed by atoms with Crippen molar-refractivity contribution >= 4 is 11.6 Å². The van der Waals surface area contributed by atoms with Gasteiger partial charge in [-0.2, -0.15) is 0 Å². The first-order chi connectivity index (χ1) is 8.56. The maximum atomic E-state index is 5.92. The second-order valence-corrected chi connectivity index (χ2v) is 6.34. The molecule has 1 aromatic rings. The molecule has 1 aliphatic rings. The summed E-state index contributed by atoms with van der Waals surface area (Å²) in [6, 6.07) is 9.26. The molecule has 4 unspecified atom stereocenters. The molecular weight excluding hydrogens is 242 g/mol. The summed E-state index contributed by atoms with van der Waals surface area (Å²) in [4.78, 5) is 0. The van der Waals surface area contributed by atoms with E-state index in [0.717, 1.165) is 16.9 Å². The van der Waals surface area contributed by atoms with Crippen LogP contribution in [0.4, 0.5) is 0 Å². The second-order valence-electron chi connectivity index (χ2n) is 5.90. The van der Waals surface area contributed by atoms with E-state index in [4.69, 9.17) is 11.6 Å². The third kappa shape index (κ3) is 3.49. The Balaban J connectivity index is 1.91. The summed E-state index contributed by atoms with van der Waals surface area (Å²) < 4.78 is 0. The average Bonchev–Trinajstić information content (AvgIpc) is 2.34. The van der Waals surface area contributed by atoms with E-state index in [2.05, 4.69) is 38.2 Å². The fourth-order valence-corrected chi connectivity index (χ4v) is 3.03. The highest BCUT2D eigenvalue weighted by atomic mass is 35.5. The van der Waals surface area contributed by atoms with Crippen molar-refractivity contribution < 1.29 is 0 Å². The molecule has 0 aromatic heterocycles. The smallest absolute Gasteiger partial charge is 0.0406 e. The summed E-state index contributed by atoms with van der Waals surface area (Å²) in [6.07, 6.45) is 3.97. The maximum absolute atomic E-state index is 5.92. The van der Waals surface area contributed by atoms with Crippen LogP contribution in [0.25, 0.3) is 0 Å². The van der Waals surface area contributed by atoms with Crippen molar-refractivity contribution in [2.75, 3.05) is 0 Å². The second kappa shape index (κ2) is 6.08. The van der Waals surface area contributed by atoms with Crippen molar-refractivity contribution in [1.82, 2.24) is 5.32 Å². The fourth-order valence-electron chi connectivity index (χ4n) is 2.90. The van der Waals surface area contributed by atoms with Crippen molar-refractivity contribution in [3.63, 3.8) is 0 Å². The van der Waals surface area contributed by atoms with Crippen molar-refractivity contribution in [1.29, 1.82) is 0 Å². The topological polar surface area (TPSA) is 12.0 Å². The Morgan fingerprint density at radius 3 is 2.39 bits per heavy atom. The molecule has 0 saturated heterocycles. The largest absolute Gasteiger partial charge is 0.307 e. The zero-order valence-corrected chi connectivity index (χ0v) is 12.4. The molecule has 1 aromatic carbocycles. The van der Waals surface area contributed by atoms with Crippen molar-refractivity contribution in [3.8, 4) is 0 Å². The Morgan fingerprint density at radius 2 is 1.78 bits per heavy atom. The van der Waals surface area contributed by atoms with Crippen molar-refractivity contribution in [2.45, 2.75) is 52.1 Å². The molecule has 0 aliphatic heterocycles. The van der Waals surface area contributed by atoms with Crippen LogP contribution in [0.2, 0.25) is 5.02 Å². The average molecular weight is 266 g/mol. The number of benzene rings is 1. The Bertz CT molecular complexity index is 373. The van der Waals surface area contributed by atoms with Gasteiger partial charge in [0.1, 0.15) is 0 Å². The number of hydrogen-bond donors (Lipinski definition) is 1. The van der Waals surface area contributed by atoms with Gasteiger partial charge in [-0.3, -0.25) is 0 Å². The molecule has 2 heteroatoms. The first-order valence-electron chi connectivity index (χ1n) is 7.07. The van der Waals surface area contributed by atoms with E-state index >= 15 is 0 Å². The summed E-state index contributed by atoms with van der Waals surface area (Å²) in [5.41, 5.74) is 1.32. The predicted octanol–water partition coefficient (Wildman–Crippen LogP) is 4.82. The van der Waals surface area contributed by atoms with E-state index in [1.807, 2.05) is 12.1 Å². The Morgan fingerprint density at radius 1 is 1.11 bits per heavy atom. The highest BCUT2D eigenvalue weighted by Crippen LogP contribution is 2.30. The van der Waals surface area contributed by atoms with Gasteiger partial charge in [-0.15, -0.1) is 0 Å². The lowest BCUT2D eigenvalue weighted by Gasteiger charge is -2.34. The number of nitrogens with one attached hydrogen (secondary N) is 1. The standard InChI is InChI=1S/C16H24ClN/c1-11-4-9-16(10-12(11)2)18-13(3)14-5-7-15(17)8-6-14/h5-8,11-13,16,18H,4,9-10H2,1-3H3. The zero-order chi connectivity index (χ0) is 13.1. The van der Waals surface area contributed by atoms with Gasteiger partial charge in [0.15, 0.2) is 0 Å². The molecule has 0 radical (unpaired) electrons. The van der Waals surface area contributed by atoms with E-state index in [0.29, 0.717) is 12.1 Å². The van der Waals surface area contributed by atoms with E-state index in [9.17, 15) is 0 Å². The van der Waals surface area contributed by atoms with Gasteiger partial charge < -0.3 is 5.32 Å². The van der Waals surface area contributed by atoms with Crippen LogP contribution in [0.15, 0.2) is 24.3 Å². The van der Waals surface area contributed by atoms with Crippen LogP contribution < -0.4 is 5.32 Å². The van der Waals surface area contributed by atoms with Crippen LogP contribution in [0, 0.1) is 11.8 Å². The molecule has 1 aliphatic carbocycles. The molecule has 0 heterocycles. The van der Waals surface area contributed by atoms with Gasteiger partial charge in [0.2, 0.25) is 0 Å². The molecule has 1 nitrogen and oxygen atoms in total. The first-order valence-corrected chi connectivity index (χ1v) is 7.45. The van der Waals surface area contributed by atoms with E-state index in [1.54, 1.807) is 0 Å². The monoisotopic (exact) mass is 265 g/mol. The number of halogens is 1. The fraction of sp³-hybridized carbons (Fsp3) is 0.625. The van der Waals surface area contributed by atoms with Gasteiger partial charge in [0.25, 0.3) is 0 Å². The van der Waals surface area contributed by atoms with Gasteiger partial charge in [0.05, 0.1) is 0 Å². The summed E-state index contributed by atoms with van der Waals surface area (Å²) >= 11 is 5.92. The number of rotatable bonds is 3. The van der Waals surface area contributed by atoms with Crippen LogP contribution in [-0.4, -0.2) is 6.04 Å². The third-order valence-electron chi connectivity index (χ3n) is 4.45. The minimum atomic E-state index is 0.410. The zero-order valence-electron chi connectivity index (χ0n) is 11.6. The quantitative estimate of drug-likeness (QED) is 0.827. The molecule has 1 saturated carbocycles. The van der Waals surface area contributed by atoms with E-state index in [1.165, 1.54) is 24.8 Å². The van der Waals surface area contributed by atoms with Gasteiger partial charge in [-0.1, -0.05) is 37.6 Å². The molecular formula is C16H24ClN. The minimum absolute atomic E-state index is 0.410. The minimum Gasteiger partial charge on any atom is -0.307 e. The van der Waals surface area contributed by atoms with Gasteiger partial charge in [0, 0.05) is 17.1 Å². The van der Waals surface area contributed by atoms with E-state index in [-0.39, 0.29) is 0 Å². The normalized spacial score (nSPS) is 30.1. The van der Waals surface area contributed by atoms with Crippen molar-refractivity contribution in [3.05, 3.63) is 34.9 Å². The Hall–Kier alpha value is -0.530. The summed E-state index contributed by atoms with van der Waals surface area (Å²) in [5, 5.41) is 4.57. The van der Waals surface area contributed by atoms with Crippen molar-refractivity contribution in [2.24, 2.45) is 11.8 Å². The van der Waals surface area contributed by atoms with E-state index < -0.39 is 0 Å². The summed E-state index contributed by atoms with van der Waals surface area (Å²) in [7, 11) is 0. The lowest BCUT2D eigenvalue weighted by Crippen LogP contribution is -2.37. The molecule has 4 atom stereocenters. The first kappa shape index (κ1) is 13.9. The SMILES string of the molecule is CC(NC1CCC(C)C(C)C1)c1ccc(Cl)cc1. The Kier molecular flexibility index (Phi) is 4.69. The van der Waals surface area contributed by atoms with Crippen LogP contribution in [0.5, 0.6) is 0 Å². The summed E-state index contributed by atoms with van der Waals surface area (Å²) in [5.74, 6) is 1.72. The molecule has 2 rings (SSSR count). The molecule has 0 bridgehead atoms. The molecule has 100 valence electrons. The third-order valence-corrected chi connectivity index (χ3v) is 4.71. The lowest BCUT2D eigenvalue weighted by atomic mass is 9.79. The summed E-state index contributed by atoms with van der Waals surface area (Å²) in [6.45, 7) is 7.00. The molecule has 0 amide bonds. The molecule has 1 fully saturated rings. The molecule has 18 heavy (non-hydrogen) atoms. The molecule has 0 spiro atoms. The van der Waals surface area contributed by atoms with Gasteiger partial charge in [-0.05, 0) is 55.7 Å². The van der Waals surface area contributed by atoms with Crippen LogP contribution in [-0.2, 0) is 0 Å². The van der Waals surface area contributed by atoms with Crippen LogP contribution >= 0.6 is 11.6 Å². The highest BCUT2D eigenvalue weighted by molar-refractivity contribution is 6.30. The predicted molar refractivity (Wildman–Crippen MR) is 79.0 cm³/mol. The Labute approximate surface area is 116 Å². The lowest BCUT2D eigenvalue weighted by molar-refractivity contribution is 0.217. The highest BCUT2D eigenvalue weighted by Gasteiger charge is 2.25. The molecule has 1 N–H and O–H groups in total.